The lowest BCUT2D eigenvalue weighted by molar-refractivity contribution is -0.137. The van der Waals surface area contributed by atoms with Crippen molar-refractivity contribution in [1.82, 2.24) is 4.72 Å². The number of ketones is 2. The largest absolute Gasteiger partial charge is 0.348 e. The summed E-state index contributed by atoms with van der Waals surface area (Å²) >= 11 is 0. The van der Waals surface area contributed by atoms with E-state index in [1.807, 2.05) is 0 Å². The molecule has 1 aliphatic carbocycles. The SMILES string of the molecule is CC1(C)OCC(CNS(=O)(=O)c2cccc3c2C(=O)c2ccccc2C3=O)O1. The molecule has 0 amide bonds. The molecule has 8 heteroatoms. The molecule has 2 aliphatic rings. The Kier molecular flexibility index (Phi) is 4.46. The van der Waals surface area contributed by atoms with Crippen LogP contribution in [0, 0.1) is 0 Å². The van der Waals surface area contributed by atoms with Crippen molar-refractivity contribution in [2.45, 2.75) is 30.6 Å². The molecule has 146 valence electrons. The van der Waals surface area contributed by atoms with Crippen LogP contribution >= 0.6 is 0 Å². The Morgan fingerprint density at radius 1 is 1.00 bits per heavy atom. The number of fused-ring (bicyclic) bond motifs is 2. The zero-order valence-corrected chi connectivity index (χ0v) is 16.2. The number of ether oxygens (including phenoxy) is 2. The van der Waals surface area contributed by atoms with E-state index in [9.17, 15) is 18.0 Å². The van der Waals surface area contributed by atoms with E-state index in [0.29, 0.717) is 0 Å². The monoisotopic (exact) mass is 401 g/mol. The maximum atomic E-state index is 13.0. The maximum Gasteiger partial charge on any atom is 0.241 e. The van der Waals surface area contributed by atoms with E-state index in [4.69, 9.17) is 9.47 Å². The summed E-state index contributed by atoms with van der Waals surface area (Å²) in [5.41, 5.74) is 0.481. The third-order valence-corrected chi connectivity index (χ3v) is 6.24. The first-order valence-electron chi connectivity index (χ1n) is 8.82. The second-order valence-corrected chi connectivity index (χ2v) is 8.92. The van der Waals surface area contributed by atoms with E-state index in [0.717, 1.165) is 0 Å². The molecule has 0 spiro atoms. The highest BCUT2D eigenvalue weighted by molar-refractivity contribution is 7.89. The van der Waals surface area contributed by atoms with Crippen LogP contribution in [0.2, 0.25) is 0 Å². The van der Waals surface area contributed by atoms with Gasteiger partial charge in [0.15, 0.2) is 17.4 Å². The maximum absolute atomic E-state index is 13.0. The van der Waals surface area contributed by atoms with E-state index < -0.39 is 27.7 Å². The minimum Gasteiger partial charge on any atom is -0.348 e. The van der Waals surface area contributed by atoms with Gasteiger partial charge in [-0.15, -0.1) is 0 Å². The second-order valence-electron chi connectivity index (χ2n) is 7.19. The first-order chi connectivity index (χ1) is 13.2. The molecule has 0 bridgehead atoms. The Morgan fingerprint density at radius 2 is 1.64 bits per heavy atom. The number of hydrogen-bond donors (Lipinski definition) is 1. The van der Waals surface area contributed by atoms with Crippen molar-refractivity contribution in [2.75, 3.05) is 13.2 Å². The summed E-state index contributed by atoms with van der Waals surface area (Å²) < 4.78 is 39.3. The predicted octanol–water partition coefficient (Wildman–Crippen LogP) is 1.89. The van der Waals surface area contributed by atoms with Gasteiger partial charge < -0.3 is 9.47 Å². The van der Waals surface area contributed by atoms with Crippen LogP contribution in [0.25, 0.3) is 0 Å². The average Bonchev–Trinajstić information content (AvgIpc) is 3.03. The molecule has 0 saturated carbocycles. The number of benzene rings is 2. The summed E-state index contributed by atoms with van der Waals surface area (Å²) in [7, 11) is -4.04. The second kappa shape index (κ2) is 6.59. The van der Waals surface area contributed by atoms with Crippen LogP contribution in [-0.4, -0.2) is 45.0 Å². The Bertz CT molecular complexity index is 1090. The van der Waals surface area contributed by atoms with Crippen molar-refractivity contribution in [3.05, 3.63) is 64.7 Å². The molecule has 1 atom stereocenters. The lowest BCUT2D eigenvalue weighted by Crippen LogP contribution is -2.35. The molecule has 0 radical (unpaired) electrons. The van der Waals surface area contributed by atoms with E-state index in [1.165, 1.54) is 24.3 Å². The van der Waals surface area contributed by atoms with Gasteiger partial charge in [0.1, 0.15) is 0 Å². The minimum absolute atomic E-state index is 0.00580. The summed E-state index contributed by atoms with van der Waals surface area (Å²) in [6, 6.07) is 10.7. The molecular formula is C20H19NO6S. The molecule has 1 unspecified atom stereocenters. The van der Waals surface area contributed by atoms with Gasteiger partial charge in [0, 0.05) is 23.2 Å². The van der Waals surface area contributed by atoms with Gasteiger partial charge >= 0.3 is 0 Å². The molecule has 2 aromatic carbocycles. The third-order valence-electron chi connectivity index (χ3n) is 4.77. The molecule has 0 aromatic heterocycles. The number of sulfonamides is 1. The van der Waals surface area contributed by atoms with E-state index in [2.05, 4.69) is 4.72 Å². The Hall–Kier alpha value is -2.39. The lowest BCUT2D eigenvalue weighted by atomic mass is 9.84. The van der Waals surface area contributed by atoms with Gasteiger partial charge in [-0.05, 0) is 19.9 Å². The van der Waals surface area contributed by atoms with Gasteiger partial charge in [0.2, 0.25) is 10.0 Å². The van der Waals surface area contributed by atoms with Crippen LogP contribution in [0.3, 0.4) is 0 Å². The Labute approximate surface area is 162 Å². The fourth-order valence-electron chi connectivity index (χ4n) is 3.48. The summed E-state index contributed by atoms with van der Waals surface area (Å²) in [5, 5.41) is 0. The number of rotatable bonds is 4. The highest BCUT2D eigenvalue weighted by atomic mass is 32.2. The summed E-state index contributed by atoms with van der Waals surface area (Å²) in [6.45, 7) is 3.74. The molecule has 2 aromatic rings. The van der Waals surface area contributed by atoms with Crippen LogP contribution < -0.4 is 4.72 Å². The molecule has 1 heterocycles. The van der Waals surface area contributed by atoms with Crippen LogP contribution in [0.15, 0.2) is 47.4 Å². The van der Waals surface area contributed by atoms with Gasteiger partial charge in [-0.2, -0.15) is 0 Å². The Morgan fingerprint density at radius 3 is 2.29 bits per heavy atom. The van der Waals surface area contributed by atoms with Crippen LogP contribution in [0.1, 0.15) is 45.7 Å². The first kappa shape index (κ1) is 18.9. The fourth-order valence-corrected chi connectivity index (χ4v) is 4.77. The lowest BCUT2D eigenvalue weighted by Gasteiger charge is -2.21. The standard InChI is InChI=1S/C20H19NO6S/c1-20(2)26-11-12(27-20)10-21-28(24,25)16-9-5-8-15-17(16)19(23)14-7-4-3-6-13(14)18(15)22/h3-9,12,21H,10-11H2,1-2H3. The summed E-state index contributed by atoms with van der Waals surface area (Å²) in [5.74, 6) is -1.61. The van der Waals surface area contributed by atoms with Crippen molar-refractivity contribution in [1.29, 1.82) is 0 Å². The fraction of sp³-hybridized carbons (Fsp3) is 0.300. The molecule has 4 rings (SSSR count). The van der Waals surface area contributed by atoms with Crippen LogP contribution in [0.4, 0.5) is 0 Å². The molecule has 1 saturated heterocycles. The average molecular weight is 401 g/mol. The zero-order chi connectivity index (χ0) is 20.1. The predicted molar refractivity (Wildman–Crippen MR) is 99.8 cm³/mol. The quantitative estimate of drug-likeness (QED) is 0.717. The van der Waals surface area contributed by atoms with Crippen molar-refractivity contribution >= 4 is 21.6 Å². The van der Waals surface area contributed by atoms with Crippen molar-refractivity contribution in [3.63, 3.8) is 0 Å². The molecule has 28 heavy (non-hydrogen) atoms. The van der Waals surface area contributed by atoms with Gasteiger partial charge in [-0.1, -0.05) is 36.4 Å². The highest BCUT2D eigenvalue weighted by Crippen LogP contribution is 2.31. The molecule has 1 N–H and O–H groups in total. The smallest absolute Gasteiger partial charge is 0.241 e. The van der Waals surface area contributed by atoms with Crippen molar-refractivity contribution < 1.29 is 27.5 Å². The third kappa shape index (κ3) is 3.18. The summed E-state index contributed by atoms with van der Waals surface area (Å²) in [6.07, 6.45) is -0.442. The first-order valence-corrected chi connectivity index (χ1v) is 10.3. The number of nitrogens with one attached hydrogen (secondary N) is 1. The van der Waals surface area contributed by atoms with Crippen LogP contribution in [-0.2, 0) is 19.5 Å². The number of carbonyl (C=O) groups excluding carboxylic acids is 2. The van der Waals surface area contributed by atoms with Crippen molar-refractivity contribution in [2.24, 2.45) is 0 Å². The topological polar surface area (TPSA) is 98.8 Å². The Balaban J connectivity index is 1.68. The van der Waals surface area contributed by atoms with E-state index in [1.54, 1.807) is 32.0 Å². The van der Waals surface area contributed by atoms with E-state index in [-0.39, 0.29) is 46.1 Å². The number of carbonyl (C=O) groups is 2. The number of hydrogen-bond acceptors (Lipinski definition) is 6. The molecule has 7 nitrogen and oxygen atoms in total. The summed E-state index contributed by atoms with van der Waals surface area (Å²) in [4.78, 5) is 25.5. The van der Waals surface area contributed by atoms with Crippen LogP contribution in [0.5, 0.6) is 0 Å². The normalized spacial score (nSPS) is 20.7. The molecular weight excluding hydrogens is 382 g/mol. The van der Waals surface area contributed by atoms with Gasteiger partial charge in [-0.3, -0.25) is 9.59 Å². The highest BCUT2D eigenvalue weighted by Gasteiger charge is 2.36. The van der Waals surface area contributed by atoms with Gasteiger partial charge in [-0.25, -0.2) is 13.1 Å². The van der Waals surface area contributed by atoms with Gasteiger partial charge in [0.05, 0.1) is 23.2 Å². The van der Waals surface area contributed by atoms with Crippen molar-refractivity contribution in [3.8, 4) is 0 Å². The zero-order valence-electron chi connectivity index (χ0n) is 15.4. The molecule has 1 aliphatic heterocycles. The minimum atomic E-state index is -4.04. The molecule has 1 fully saturated rings. The van der Waals surface area contributed by atoms with E-state index >= 15 is 0 Å². The van der Waals surface area contributed by atoms with Gasteiger partial charge in [0.25, 0.3) is 0 Å².